The monoisotopic (exact) mass is 342 g/mol. The van der Waals surface area contributed by atoms with Crippen LogP contribution >= 0.6 is 0 Å². The molecule has 0 aliphatic heterocycles. The standard InChI is InChI=1S/C18H18N2O3S/c1-3-23-17-10-9-14(12-13(17)2)20-24(21,22)18-8-4-7-16-15(18)6-5-11-19-16/h4-12,20H,3H2,1-2H3. The number of hydrogen-bond acceptors (Lipinski definition) is 4. The SMILES string of the molecule is CCOc1ccc(NS(=O)(=O)c2cccc3ncccc23)cc1C. The number of sulfonamides is 1. The molecule has 0 bridgehead atoms. The Balaban J connectivity index is 1.98. The molecule has 0 saturated heterocycles. The molecule has 2 aromatic carbocycles. The molecule has 124 valence electrons. The first-order valence-corrected chi connectivity index (χ1v) is 9.09. The number of rotatable bonds is 5. The van der Waals surface area contributed by atoms with Crippen LogP contribution in [-0.4, -0.2) is 20.0 Å². The van der Waals surface area contributed by atoms with Crippen molar-refractivity contribution in [3.05, 3.63) is 60.3 Å². The predicted octanol–water partition coefficient (Wildman–Crippen LogP) is 3.74. The Kier molecular flexibility index (Phi) is 4.40. The minimum atomic E-state index is -3.71. The van der Waals surface area contributed by atoms with Crippen LogP contribution in [0.5, 0.6) is 5.75 Å². The number of pyridine rings is 1. The van der Waals surface area contributed by atoms with Gasteiger partial charge in [-0.2, -0.15) is 0 Å². The van der Waals surface area contributed by atoms with Crippen molar-refractivity contribution in [3.63, 3.8) is 0 Å². The Hall–Kier alpha value is -2.60. The quantitative estimate of drug-likeness (QED) is 0.767. The number of nitrogens with one attached hydrogen (secondary N) is 1. The smallest absolute Gasteiger partial charge is 0.262 e. The van der Waals surface area contributed by atoms with Gasteiger partial charge in [0.25, 0.3) is 10.0 Å². The number of ether oxygens (including phenoxy) is 1. The predicted molar refractivity (Wildman–Crippen MR) is 94.9 cm³/mol. The summed E-state index contributed by atoms with van der Waals surface area (Å²) in [7, 11) is -3.71. The second kappa shape index (κ2) is 6.49. The van der Waals surface area contributed by atoms with Gasteiger partial charge in [0.05, 0.1) is 17.0 Å². The van der Waals surface area contributed by atoms with Crippen LogP contribution in [0.3, 0.4) is 0 Å². The molecule has 0 aliphatic rings. The Bertz CT molecular complexity index is 979. The van der Waals surface area contributed by atoms with Gasteiger partial charge in [0.1, 0.15) is 5.75 Å². The van der Waals surface area contributed by atoms with E-state index in [0.29, 0.717) is 23.2 Å². The summed E-state index contributed by atoms with van der Waals surface area (Å²) in [5.74, 6) is 0.745. The third-order valence-corrected chi connectivity index (χ3v) is 5.06. The van der Waals surface area contributed by atoms with Crippen LogP contribution in [0.25, 0.3) is 10.9 Å². The molecule has 0 atom stereocenters. The highest BCUT2D eigenvalue weighted by Gasteiger charge is 2.18. The zero-order chi connectivity index (χ0) is 17.2. The lowest BCUT2D eigenvalue weighted by Gasteiger charge is -2.12. The molecular weight excluding hydrogens is 324 g/mol. The summed E-state index contributed by atoms with van der Waals surface area (Å²) in [4.78, 5) is 4.41. The van der Waals surface area contributed by atoms with E-state index in [0.717, 1.165) is 11.3 Å². The van der Waals surface area contributed by atoms with Gasteiger partial charge >= 0.3 is 0 Å². The van der Waals surface area contributed by atoms with Crippen LogP contribution in [0.2, 0.25) is 0 Å². The maximum Gasteiger partial charge on any atom is 0.262 e. The van der Waals surface area contributed by atoms with Gasteiger partial charge in [0.2, 0.25) is 0 Å². The summed E-state index contributed by atoms with van der Waals surface area (Å²) in [6, 6.07) is 13.7. The zero-order valence-corrected chi connectivity index (χ0v) is 14.3. The van der Waals surface area contributed by atoms with Crippen LogP contribution in [0.1, 0.15) is 12.5 Å². The third-order valence-electron chi connectivity index (χ3n) is 3.62. The van der Waals surface area contributed by atoms with E-state index in [1.54, 1.807) is 54.7 Å². The molecule has 24 heavy (non-hydrogen) atoms. The van der Waals surface area contributed by atoms with E-state index < -0.39 is 10.0 Å². The summed E-state index contributed by atoms with van der Waals surface area (Å²) < 4.78 is 33.6. The van der Waals surface area contributed by atoms with Gasteiger partial charge in [-0.3, -0.25) is 9.71 Å². The van der Waals surface area contributed by atoms with Gasteiger partial charge in [-0.1, -0.05) is 6.07 Å². The lowest BCUT2D eigenvalue weighted by Crippen LogP contribution is -2.13. The summed E-state index contributed by atoms with van der Waals surface area (Å²) in [5.41, 5.74) is 2.01. The third kappa shape index (κ3) is 3.19. The van der Waals surface area contributed by atoms with Crippen molar-refractivity contribution < 1.29 is 13.2 Å². The van der Waals surface area contributed by atoms with Crippen LogP contribution in [0.15, 0.2) is 59.6 Å². The molecule has 0 aliphatic carbocycles. The molecule has 3 aromatic rings. The number of benzene rings is 2. The molecule has 0 amide bonds. The first-order valence-electron chi connectivity index (χ1n) is 7.61. The molecular formula is C18H18N2O3S. The van der Waals surface area contributed by atoms with Gasteiger partial charge < -0.3 is 4.74 Å². The summed E-state index contributed by atoms with van der Waals surface area (Å²) in [6.45, 7) is 4.35. The topological polar surface area (TPSA) is 68.3 Å². The average Bonchev–Trinajstić information content (AvgIpc) is 2.56. The average molecular weight is 342 g/mol. The number of fused-ring (bicyclic) bond motifs is 1. The van der Waals surface area contributed by atoms with Crippen molar-refractivity contribution in [2.75, 3.05) is 11.3 Å². The van der Waals surface area contributed by atoms with Crippen LogP contribution in [0.4, 0.5) is 5.69 Å². The lowest BCUT2D eigenvalue weighted by atomic mass is 10.2. The van der Waals surface area contributed by atoms with Crippen LogP contribution < -0.4 is 9.46 Å². The number of aromatic nitrogens is 1. The number of aryl methyl sites for hydroxylation is 1. The van der Waals surface area contributed by atoms with E-state index in [1.165, 1.54) is 0 Å². The van der Waals surface area contributed by atoms with E-state index in [1.807, 2.05) is 13.8 Å². The van der Waals surface area contributed by atoms with E-state index in [4.69, 9.17) is 4.74 Å². The second-order valence-corrected chi connectivity index (χ2v) is 7.00. The van der Waals surface area contributed by atoms with Crippen molar-refractivity contribution in [3.8, 4) is 5.75 Å². The van der Waals surface area contributed by atoms with Gasteiger partial charge in [-0.15, -0.1) is 0 Å². The molecule has 6 heteroatoms. The molecule has 0 saturated carbocycles. The molecule has 0 spiro atoms. The highest BCUT2D eigenvalue weighted by molar-refractivity contribution is 7.93. The molecule has 3 rings (SSSR count). The molecule has 1 heterocycles. The van der Waals surface area contributed by atoms with E-state index >= 15 is 0 Å². The minimum Gasteiger partial charge on any atom is -0.494 e. The van der Waals surface area contributed by atoms with Crippen molar-refractivity contribution in [2.24, 2.45) is 0 Å². The van der Waals surface area contributed by atoms with Crippen LogP contribution in [-0.2, 0) is 10.0 Å². The molecule has 5 nitrogen and oxygen atoms in total. The minimum absolute atomic E-state index is 0.208. The molecule has 1 N–H and O–H groups in total. The van der Waals surface area contributed by atoms with E-state index in [-0.39, 0.29) is 4.90 Å². The number of hydrogen-bond donors (Lipinski definition) is 1. The van der Waals surface area contributed by atoms with Crippen molar-refractivity contribution in [2.45, 2.75) is 18.7 Å². The Labute approximate surface area is 141 Å². The van der Waals surface area contributed by atoms with Gasteiger partial charge in [0, 0.05) is 17.3 Å². The first kappa shape index (κ1) is 16.3. The van der Waals surface area contributed by atoms with Gasteiger partial charge in [-0.25, -0.2) is 8.42 Å². The van der Waals surface area contributed by atoms with E-state index in [9.17, 15) is 8.42 Å². The van der Waals surface area contributed by atoms with Crippen molar-refractivity contribution in [1.29, 1.82) is 0 Å². The van der Waals surface area contributed by atoms with Gasteiger partial charge in [0.15, 0.2) is 0 Å². The summed E-state index contributed by atoms with van der Waals surface area (Å²) in [6.07, 6.45) is 1.64. The fourth-order valence-corrected chi connectivity index (χ4v) is 3.82. The lowest BCUT2D eigenvalue weighted by molar-refractivity contribution is 0.338. The fraction of sp³-hybridized carbons (Fsp3) is 0.167. The normalized spacial score (nSPS) is 11.4. The molecule has 1 aromatic heterocycles. The second-order valence-electron chi connectivity index (χ2n) is 5.35. The Morgan fingerprint density at radius 3 is 2.71 bits per heavy atom. The Morgan fingerprint density at radius 2 is 1.96 bits per heavy atom. The molecule has 0 fully saturated rings. The van der Waals surface area contributed by atoms with Crippen molar-refractivity contribution >= 4 is 26.6 Å². The number of anilines is 1. The molecule has 0 radical (unpaired) electrons. The zero-order valence-electron chi connectivity index (χ0n) is 13.5. The highest BCUT2D eigenvalue weighted by atomic mass is 32.2. The first-order chi connectivity index (χ1) is 11.5. The maximum absolute atomic E-state index is 12.8. The van der Waals surface area contributed by atoms with E-state index in [2.05, 4.69) is 9.71 Å². The number of nitrogens with zero attached hydrogens (tertiary/aromatic N) is 1. The largest absolute Gasteiger partial charge is 0.494 e. The summed E-state index contributed by atoms with van der Waals surface area (Å²) >= 11 is 0. The fourth-order valence-electron chi connectivity index (χ4n) is 2.55. The molecule has 0 unspecified atom stereocenters. The maximum atomic E-state index is 12.8. The highest BCUT2D eigenvalue weighted by Crippen LogP contribution is 2.26. The van der Waals surface area contributed by atoms with Crippen molar-refractivity contribution in [1.82, 2.24) is 4.98 Å². The Morgan fingerprint density at radius 1 is 1.12 bits per heavy atom. The van der Waals surface area contributed by atoms with Gasteiger partial charge in [-0.05, 0) is 61.9 Å². The van der Waals surface area contributed by atoms with Crippen LogP contribution in [0, 0.1) is 6.92 Å². The summed E-state index contributed by atoms with van der Waals surface area (Å²) in [5, 5.41) is 0.593.